The van der Waals surface area contributed by atoms with E-state index < -0.39 is 43.4 Å². The van der Waals surface area contributed by atoms with Gasteiger partial charge in [0.2, 0.25) is 0 Å². The van der Waals surface area contributed by atoms with E-state index in [1.165, 1.54) is 19.3 Å². The molecule has 0 bridgehead atoms. The monoisotopic (exact) mass is 895 g/mol. The fourth-order valence-electron chi connectivity index (χ4n) is 6.86. The number of hydrogen-bond donors (Lipinski definition) is 4. The van der Waals surface area contributed by atoms with Crippen LogP contribution in [0.25, 0.3) is 0 Å². The minimum atomic E-state index is -1.55. The first-order chi connectivity index (χ1) is 31.4. The van der Waals surface area contributed by atoms with Gasteiger partial charge in [0.25, 0.3) is 0 Å². The summed E-state index contributed by atoms with van der Waals surface area (Å²) >= 11 is 0. The van der Waals surface area contributed by atoms with Gasteiger partial charge >= 0.3 is 5.97 Å². The Hall–Kier alpha value is -3.15. The van der Waals surface area contributed by atoms with Gasteiger partial charge in [0.1, 0.15) is 30.5 Å². The number of hydrogen-bond acceptors (Lipinski definition) is 9. The number of allylic oxidation sites excluding steroid dienone is 18. The highest BCUT2D eigenvalue weighted by Crippen LogP contribution is 2.22. The number of ether oxygens (including phenoxy) is 4. The zero-order valence-electron chi connectivity index (χ0n) is 40.0. The van der Waals surface area contributed by atoms with Crippen LogP contribution in [0.5, 0.6) is 0 Å². The standard InChI is InChI=1S/C55H90O9/c1-3-5-7-9-11-13-15-17-19-21-23-24-25-26-27-28-30-32-34-36-38-40-42-44-51(57)63-49(48-62-55-54(60)53(59)52(58)50(46-56)64-55)47-61-45-43-41-39-37-35-33-31-29-22-20-18-16-14-12-10-8-6-4-2/h5-8,11-14,17-20,23-24,26-27,29,31,49-50,52-56,58-60H,3-4,9-10,15-16,21-22,25,28,30,32-48H2,1-2H3/b7-5-,8-6-,13-11-,14-12-,19-17-,20-18-,24-23-,27-26-,31-29-. The van der Waals surface area contributed by atoms with Crippen LogP contribution >= 0.6 is 0 Å². The molecule has 0 spiro atoms. The summed E-state index contributed by atoms with van der Waals surface area (Å²) in [5.74, 6) is -0.337. The Morgan fingerprint density at radius 1 is 0.500 bits per heavy atom. The highest BCUT2D eigenvalue weighted by atomic mass is 16.7. The van der Waals surface area contributed by atoms with Crippen molar-refractivity contribution < 1.29 is 44.2 Å². The fraction of sp³-hybridized carbons (Fsp3) is 0.655. The van der Waals surface area contributed by atoms with Crippen LogP contribution in [0.4, 0.5) is 0 Å². The maximum absolute atomic E-state index is 12.8. The van der Waals surface area contributed by atoms with Gasteiger partial charge in [0.15, 0.2) is 6.29 Å². The van der Waals surface area contributed by atoms with Gasteiger partial charge in [-0.15, -0.1) is 0 Å². The molecule has 364 valence electrons. The lowest BCUT2D eigenvalue weighted by Gasteiger charge is -2.39. The van der Waals surface area contributed by atoms with Crippen molar-refractivity contribution in [3.63, 3.8) is 0 Å². The van der Waals surface area contributed by atoms with Gasteiger partial charge in [0, 0.05) is 13.0 Å². The molecule has 1 aliphatic heterocycles. The van der Waals surface area contributed by atoms with Crippen molar-refractivity contribution in [2.75, 3.05) is 26.4 Å². The molecule has 0 aliphatic carbocycles. The van der Waals surface area contributed by atoms with Gasteiger partial charge in [-0.1, -0.05) is 175 Å². The Bertz CT molecular complexity index is 1340. The third kappa shape index (κ3) is 35.2. The van der Waals surface area contributed by atoms with E-state index in [0.717, 1.165) is 128 Å². The summed E-state index contributed by atoms with van der Waals surface area (Å²) in [6.07, 6.45) is 56.8. The molecule has 64 heavy (non-hydrogen) atoms. The normalized spacial score (nSPS) is 20.5. The molecular weight excluding hydrogens is 805 g/mol. The van der Waals surface area contributed by atoms with Crippen LogP contribution in [0.3, 0.4) is 0 Å². The van der Waals surface area contributed by atoms with Gasteiger partial charge < -0.3 is 39.4 Å². The average Bonchev–Trinajstić information content (AvgIpc) is 3.30. The van der Waals surface area contributed by atoms with Gasteiger partial charge in [-0.3, -0.25) is 4.79 Å². The summed E-state index contributed by atoms with van der Waals surface area (Å²) in [7, 11) is 0. The molecule has 6 unspecified atom stereocenters. The Labute approximate surface area is 389 Å². The van der Waals surface area contributed by atoms with Crippen molar-refractivity contribution in [3.05, 3.63) is 109 Å². The van der Waals surface area contributed by atoms with Crippen molar-refractivity contribution in [2.45, 2.75) is 205 Å². The quantitative estimate of drug-likeness (QED) is 0.0269. The minimum Gasteiger partial charge on any atom is -0.457 e. The lowest BCUT2D eigenvalue weighted by atomic mass is 9.99. The van der Waals surface area contributed by atoms with Gasteiger partial charge in [-0.05, 0) is 96.3 Å². The zero-order valence-corrected chi connectivity index (χ0v) is 40.0. The van der Waals surface area contributed by atoms with E-state index in [1.54, 1.807) is 0 Å². The number of aliphatic hydroxyl groups excluding tert-OH is 4. The SMILES string of the molecule is CC/C=C\C/C=C\C/C=C\C/C=C\C/C=C\CCCCCCCCCC(=O)OC(COCCCCCCC/C=C\C/C=C\C/C=C\C/C=C\CC)COC1OC(CO)C(O)C(O)C1O. The molecule has 0 saturated carbocycles. The molecule has 1 saturated heterocycles. The van der Waals surface area contributed by atoms with Crippen LogP contribution in [0, 0.1) is 0 Å². The highest BCUT2D eigenvalue weighted by molar-refractivity contribution is 5.69. The van der Waals surface area contributed by atoms with Gasteiger partial charge in [-0.2, -0.15) is 0 Å². The number of esters is 1. The van der Waals surface area contributed by atoms with E-state index in [2.05, 4.69) is 123 Å². The van der Waals surface area contributed by atoms with E-state index in [1.807, 2.05) is 0 Å². The van der Waals surface area contributed by atoms with E-state index in [4.69, 9.17) is 18.9 Å². The number of carbonyl (C=O) groups is 1. The van der Waals surface area contributed by atoms with Crippen molar-refractivity contribution >= 4 is 5.97 Å². The molecule has 0 amide bonds. The van der Waals surface area contributed by atoms with Crippen molar-refractivity contribution in [2.24, 2.45) is 0 Å². The van der Waals surface area contributed by atoms with Crippen LogP contribution < -0.4 is 0 Å². The Balaban J connectivity index is 2.26. The Morgan fingerprint density at radius 3 is 1.36 bits per heavy atom. The first-order valence-electron chi connectivity index (χ1n) is 25.0. The summed E-state index contributed by atoms with van der Waals surface area (Å²) in [5.41, 5.74) is 0. The number of aliphatic hydroxyl groups is 4. The molecule has 9 nitrogen and oxygen atoms in total. The zero-order chi connectivity index (χ0) is 46.4. The predicted octanol–water partition coefficient (Wildman–Crippen LogP) is 12.1. The summed E-state index contributed by atoms with van der Waals surface area (Å²) in [6.45, 7) is 4.25. The summed E-state index contributed by atoms with van der Waals surface area (Å²) in [6, 6.07) is 0. The van der Waals surface area contributed by atoms with E-state index in [0.29, 0.717) is 13.0 Å². The number of rotatable bonds is 41. The predicted molar refractivity (Wildman–Crippen MR) is 265 cm³/mol. The maximum atomic E-state index is 12.8. The van der Waals surface area contributed by atoms with Gasteiger partial charge in [-0.25, -0.2) is 0 Å². The molecule has 4 N–H and O–H groups in total. The molecule has 1 aliphatic rings. The number of carbonyl (C=O) groups excluding carboxylic acids is 1. The Morgan fingerprint density at radius 2 is 0.906 bits per heavy atom. The van der Waals surface area contributed by atoms with E-state index in [9.17, 15) is 25.2 Å². The molecule has 1 fully saturated rings. The molecule has 0 aromatic rings. The summed E-state index contributed by atoms with van der Waals surface area (Å²) in [5, 5.41) is 40.2. The largest absolute Gasteiger partial charge is 0.457 e. The first kappa shape index (κ1) is 58.9. The molecule has 1 heterocycles. The summed E-state index contributed by atoms with van der Waals surface area (Å²) in [4.78, 5) is 12.8. The molecule has 1 rings (SSSR count). The van der Waals surface area contributed by atoms with Gasteiger partial charge in [0.05, 0.1) is 19.8 Å². The molecule has 9 heteroatoms. The highest BCUT2D eigenvalue weighted by Gasteiger charge is 2.44. The topological polar surface area (TPSA) is 135 Å². The van der Waals surface area contributed by atoms with E-state index >= 15 is 0 Å². The lowest BCUT2D eigenvalue weighted by molar-refractivity contribution is -0.305. The lowest BCUT2D eigenvalue weighted by Crippen LogP contribution is -2.59. The minimum absolute atomic E-state index is 0.120. The van der Waals surface area contributed by atoms with Crippen LogP contribution in [-0.4, -0.2) is 89.6 Å². The average molecular weight is 895 g/mol. The Kier molecular flexibility index (Phi) is 41.4. The number of unbranched alkanes of at least 4 members (excludes halogenated alkanes) is 12. The second-order valence-electron chi connectivity index (χ2n) is 16.5. The molecule has 0 aromatic carbocycles. The first-order valence-corrected chi connectivity index (χ1v) is 25.0. The molecule has 0 radical (unpaired) electrons. The van der Waals surface area contributed by atoms with Crippen molar-refractivity contribution in [1.82, 2.24) is 0 Å². The van der Waals surface area contributed by atoms with Crippen molar-refractivity contribution in [1.29, 1.82) is 0 Å². The third-order valence-electron chi connectivity index (χ3n) is 10.7. The third-order valence-corrected chi connectivity index (χ3v) is 10.7. The van der Waals surface area contributed by atoms with Crippen molar-refractivity contribution in [3.8, 4) is 0 Å². The fourth-order valence-corrected chi connectivity index (χ4v) is 6.86. The van der Waals surface area contributed by atoms with Crippen LogP contribution in [-0.2, 0) is 23.7 Å². The molecule has 6 atom stereocenters. The van der Waals surface area contributed by atoms with Crippen LogP contribution in [0.15, 0.2) is 109 Å². The second-order valence-corrected chi connectivity index (χ2v) is 16.5. The maximum Gasteiger partial charge on any atom is 0.306 e. The second kappa shape index (κ2) is 45.0. The summed E-state index contributed by atoms with van der Waals surface area (Å²) < 4.78 is 22.8. The smallest absolute Gasteiger partial charge is 0.306 e. The molecule has 0 aromatic heterocycles. The van der Waals surface area contributed by atoms with Crippen LogP contribution in [0.1, 0.15) is 168 Å². The van der Waals surface area contributed by atoms with E-state index in [-0.39, 0.29) is 19.2 Å². The molecular formula is C55H90O9. The van der Waals surface area contributed by atoms with Crippen LogP contribution in [0.2, 0.25) is 0 Å².